The molecule has 2 aliphatic heterocycles. The van der Waals surface area contributed by atoms with E-state index in [2.05, 4.69) is 38.5 Å². The summed E-state index contributed by atoms with van der Waals surface area (Å²) in [5.41, 5.74) is 2.37. The second kappa shape index (κ2) is 8.80. The second-order valence-corrected chi connectivity index (χ2v) is 8.21. The number of piperazine rings is 1. The van der Waals surface area contributed by atoms with E-state index in [-0.39, 0.29) is 0 Å². The summed E-state index contributed by atoms with van der Waals surface area (Å²) in [7, 11) is 1.72. The molecule has 0 aromatic heterocycles. The molecule has 0 atom stereocenters. The summed E-state index contributed by atoms with van der Waals surface area (Å²) in [5.74, 6) is 1.26. The summed E-state index contributed by atoms with van der Waals surface area (Å²) >= 11 is 1.79. The van der Waals surface area contributed by atoms with Crippen LogP contribution in [0, 0.1) is 0 Å². The smallest absolute Gasteiger partial charge is 0.127 e. The Morgan fingerprint density at radius 2 is 1.79 bits per heavy atom. The van der Waals surface area contributed by atoms with E-state index >= 15 is 0 Å². The van der Waals surface area contributed by atoms with Crippen LogP contribution in [-0.4, -0.2) is 60.7 Å². The zero-order chi connectivity index (χ0) is 19.3. The van der Waals surface area contributed by atoms with Crippen molar-refractivity contribution >= 4 is 23.7 Å². The van der Waals surface area contributed by atoms with Crippen molar-refractivity contribution in [2.75, 3.05) is 51.3 Å². The quantitative estimate of drug-likeness (QED) is 0.746. The first-order valence-corrected chi connectivity index (χ1v) is 10.6. The molecule has 0 bridgehead atoms. The highest BCUT2D eigenvalue weighted by Gasteiger charge is 2.18. The number of hydrogen-bond donors (Lipinski definition) is 1. The minimum atomic E-state index is 0.327. The SMILES string of the molecule is COc1cccc2c1C=CN(CCCN1CCN(c3ccc(O)cc3)CC1)S2. The molecule has 0 amide bonds. The highest BCUT2D eigenvalue weighted by Crippen LogP contribution is 2.37. The van der Waals surface area contributed by atoms with Gasteiger partial charge in [-0.05, 0) is 67.4 Å². The fraction of sp³-hybridized carbons (Fsp3) is 0.364. The van der Waals surface area contributed by atoms with E-state index < -0.39 is 0 Å². The minimum Gasteiger partial charge on any atom is -0.508 e. The molecule has 6 heteroatoms. The number of hydrogen-bond acceptors (Lipinski definition) is 6. The molecule has 0 radical (unpaired) electrons. The van der Waals surface area contributed by atoms with Crippen LogP contribution >= 0.6 is 11.9 Å². The van der Waals surface area contributed by atoms with Gasteiger partial charge < -0.3 is 19.0 Å². The summed E-state index contributed by atoms with van der Waals surface area (Å²) in [6, 6.07) is 13.7. The molecule has 1 N–H and O–H groups in total. The average Bonchev–Trinajstić information content (AvgIpc) is 2.74. The molecule has 5 nitrogen and oxygen atoms in total. The molecule has 2 heterocycles. The Balaban J connectivity index is 1.21. The minimum absolute atomic E-state index is 0.327. The number of ether oxygens (including phenoxy) is 1. The number of phenols is 1. The number of methoxy groups -OCH3 is 1. The maximum Gasteiger partial charge on any atom is 0.127 e. The summed E-state index contributed by atoms with van der Waals surface area (Å²) in [6.45, 7) is 6.41. The number of fused-ring (bicyclic) bond motifs is 1. The van der Waals surface area contributed by atoms with E-state index in [1.165, 1.54) is 16.1 Å². The molecule has 2 aromatic rings. The third-order valence-electron chi connectivity index (χ3n) is 5.31. The Kier molecular flexibility index (Phi) is 5.98. The zero-order valence-corrected chi connectivity index (χ0v) is 17.1. The maximum absolute atomic E-state index is 9.44. The Bertz CT molecular complexity index is 817. The Morgan fingerprint density at radius 3 is 2.54 bits per heavy atom. The van der Waals surface area contributed by atoms with Crippen molar-refractivity contribution in [3.63, 3.8) is 0 Å². The lowest BCUT2D eigenvalue weighted by Gasteiger charge is -2.36. The van der Waals surface area contributed by atoms with Gasteiger partial charge in [0.15, 0.2) is 0 Å². The van der Waals surface area contributed by atoms with Crippen LogP contribution in [-0.2, 0) is 0 Å². The average molecular weight is 398 g/mol. The standard InChI is InChI=1S/C22H27N3O2S/c1-27-21-4-2-5-22-20(21)10-13-25(28-22)12-3-11-23-14-16-24(17-15-23)18-6-8-19(26)9-7-18/h2,4-10,13,26H,3,11-12,14-17H2,1H3. The molecule has 0 saturated carbocycles. The van der Waals surface area contributed by atoms with Gasteiger partial charge in [0.2, 0.25) is 0 Å². The number of nitrogens with zero attached hydrogens (tertiary/aromatic N) is 3. The summed E-state index contributed by atoms with van der Waals surface area (Å²) in [4.78, 5) is 6.19. The molecule has 28 heavy (non-hydrogen) atoms. The van der Waals surface area contributed by atoms with E-state index in [4.69, 9.17) is 4.74 Å². The Morgan fingerprint density at radius 1 is 1.00 bits per heavy atom. The molecule has 2 aromatic carbocycles. The first-order valence-electron chi connectivity index (χ1n) is 9.79. The normalized spacial score (nSPS) is 16.9. The van der Waals surface area contributed by atoms with E-state index in [9.17, 15) is 5.11 Å². The van der Waals surface area contributed by atoms with Crippen molar-refractivity contribution in [3.8, 4) is 11.5 Å². The van der Waals surface area contributed by atoms with Crippen LogP contribution in [0.15, 0.2) is 53.6 Å². The van der Waals surface area contributed by atoms with Gasteiger partial charge in [0.05, 0.1) is 7.11 Å². The topological polar surface area (TPSA) is 39.2 Å². The van der Waals surface area contributed by atoms with Gasteiger partial charge in [0.25, 0.3) is 0 Å². The van der Waals surface area contributed by atoms with Gasteiger partial charge in [-0.1, -0.05) is 6.07 Å². The van der Waals surface area contributed by atoms with Crippen LogP contribution in [0.2, 0.25) is 0 Å². The van der Waals surface area contributed by atoms with Crippen LogP contribution in [0.5, 0.6) is 11.5 Å². The predicted molar refractivity (Wildman–Crippen MR) is 116 cm³/mol. The van der Waals surface area contributed by atoms with Crippen molar-refractivity contribution < 1.29 is 9.84 Å². The number of benzene rings is 2. The van der Waals surface area contributed by atoms with E-state index in [0.717, 1.165) is 51.4 Å². The molecule has 4 rings (SSSR count). The monoisotopic (exact) mass is 397 g/mol. The first kappa shape index (κ1) is 19.0. The van der Waals surface area contributed by atoms with Crippen molar-refractivity contribution in [1.29, 1.82) is 0 Å². The van der Waals surface area contributed by atoms with Gasteiger partial charge in [-0.2, -0.15) is 0 Å². The van der Waals surface area contributed by atoms with Gasteiger partial charge in [-0.3, -0.25) is 4.90 Å². The van der Waals surface area contributed by atoms with Crippen LogP contribution in [0.4, 0.5) is 5.69 Å². The van der Waals surface area contributed by atoms with Crippen molar-refractivity contribution in [2.24, 2.45) is 0 Å². The molecule has 0 unspecified atom stereocenters. The van der Waals surface area contributed by atoms with Crippen LogP contribution in [0.3, 0.4) is 0 Å². The van der Waals surface area contributed by atoms with E-state index in [1.54, 1.807) is 31.2 Å². The number of phenolic OH excluding ortho intramolecular Hbond substituents is 1. The van der Waals surface area contributed by atoms with Gasteiger partial charge in [-0.15, -0.1) is 0 Å². The highest BCUT2D eigenvalue weighted by molar-refractivity contribution is 7.97. The van der Waals surface area contributed by atoms with E-state index in [1.807, 2.05) is 18.2 Å². The van der Waals surface area contributed by atoms with Crippen LogP contribution < -0.4 is 9.64 Å². The largest absolute Gasteiger partial charge is 0.508 e. The molecular weight excluding hydrogens is 370 g/mol. The highest BCUT2D eigenvalue weighted by atomic mass is 32.2. The third kappa shape index (κ3) is 4.39. The fourth-order valence-corrected chi connectivity index (χ4v) is 4.72. The maximum atomic E-state index is 9.44. The molecule has 0 aliphatic carbocycles. The fourth-order valence-electron chi connectivity index (χ4n) is 3.72. The van der Waals surface area contributed by atoms with Crippen LogP contribution in [0.25, 0.3) is 6.08 Å². The molecule has 1 saturated heterocycles. The van der Waals surface area contributed by atoms with Gasteiger partial charge >= 0.3 is 0 Å². The van der Waals surface area contributed by atoms with Gasteiger partial charge in [-0.25, -0.2) is 0 Å². The second-order valence-electron chi connectivity index (χ2n) is 7.12. The number of anilines is 1. The number of aromatic hydroxyl groups is 1. The van der Waals surface area contributed by atoms with Crippen molar-refractivity contribution in [1.82, 2.24) is 9.21 Å². The third-order valence-corrected chi connectivity index (χ3v) is 6.40. The van der Waals surface area contributed by atoms with E-state index in [0.29, 0.717) is 5.75 Å². The summed E-state index contributed by atoms with van der Waals surface area (Å²) in [5, 5.41) is 9.44. The van der Waals surface area contributed by atoms with Crippen molar-refractivity contribution in [3.05, 3.63) is 54.2 Å². The lowest BCUT2D eigenvalue weighted by atomic mass is 10.2. The van der Waals surface area contributed by atoms with Gasteiger partial charge in [0, 0.05) is 55.1 Å². The van der Waals surface area contributed by atoms with Crippen molar-refractivity contribution in [2.45, 2.75) is 11.3 Å². The lowest BCUT2D eigenvalue weighted by molar-refractivity contribution is 0.251. The zero-order valence-electron chi connectivity index (χ0n) is 16.3. The molecule has 1 fully saturated rings. The summed E-state index contributed by atoms with van der Waals surface area (Å²) < 4.78 is 7.76. The Hall–Kier alpha value is -2.31. The van der Waals surface area contributed by atoms with Crippen LogP contribution in [0.1, 0.15) is 12.0 Å². The molecule has 148 valence electrons. The molecule has 0 spiro atoms. The predicted octanol–water partition coefficient (Wildman–Crippen LogP) is 3.91. The Labute approximate surface area is 171 Å². The first-order chi connectivity index (χ1) is 13.7. The summed E-state index contributed by atoms with van der Waals surface area (Å²) in [6.07, 6.45) is 5.47. The number of rotatable bonds is 6. The molecular formula is C22H27N3O2S. The van der Waals surface area contributed by atoms with Gasteiger partial charge in [0.1, 0.15) is 11.5 Å². The lowest BCUT2D eigenvalue weighted by Crippen LogP contribution is -2.46. The molecule has 2 aliphatic rings.